The fraction of sp³-hybridized carbons (Fsp3) is 0.211. The molecule has 29 heavy (non-hydrogen) atoms. The van der Waals surface area contributed by atoms with E-state index in [0.717, 1.165) is 10.7 Å². The molecule has 0 aliphatic heterocycles. The Morgan fingerprint density at radius 2 is 2.24 bits per heavy atom. The van der Waals surface area contributed by atoms with Gasteiger partial charge in [-0.15, -0.1) is 11.3 Å². The van der Waals surface area contributed by atoms with Gasteiger partial charge in [0.1, 0.15) is 10.7 Å². The minimum Gasteiger partial charge on any atom is -0.463 e. The second-order valence-corrected chi connectivity index (χ2v) is 7.08. The van der Waals surface area contributed by atoms with Crippen LogP contribution >= 0.6 is 11.3 Å². The summed E-state index contributed by atoms with van der Waals surface area (Å²) >= 11 is 1.50. The molecule has 0 bridgehead atoms. The lowest BCUT2D eigenvalue weighted by Crippen LogP contribution is -2.24. The summed E-state index contributed by atoms with van der Waals surface area (Å²) < 4.78 is 12.2. The maximum Gasteiger partial charge on any atom is 0.255 e. The molecule has 0 aromatic carbocycles. The number of hydrogen-bond donors (Lipinski definition) is 1. The molecule has 1 N–H and O–H groups in total. The fourth-order valence-corrected chi connectivity index (χ4v) is 3.47. The monoisotopic (exact) mass is 410 g/mol. The predicted octanol–water partition coefficient (Wildman–Crippen LogP) is 2.76. The van der Waals surface area contributed by atoms with Crippen LogP contribution in [-0.2, 0) is 17.9 Å². The van der Waals surface area contributed by atoms with Gasteiger partial charge in [-0.2, -0.15) is 9.78 Å². The third-order valence-electron chi connectivity index (χ3n) is 4.07. The van der Waals surface area contributed by atoms with Crippen molar-refractivity contribution in [2.45, 2.75) is 20.1 Å². The van der Waals surface area contributed by atoms with Crippen LogP contribution in [0.3, 0.4) is 0 Å². The average Bonchev–Trinajstić information content (AvgIpc) is 3.48. The van der Waals surface area contributed by atoms with Crippen LogP contribution in [0.5, 0.6) is 0 Å². The first-order valence-corrected chi connectivity index (χ1v) is 9.66. The molecule has 0 aliphatic rings. The molecule has 0 saturated heterocycles. The molecule has 1 amide bonds. The van der Waals surface area contributed by atoms with E-state index in [9.17, 15) is 4.79 Å². The number of carbonyl (C=O) groups excluding carboxylic acids is 1. The lowest BCUT2D eigenvalue weighted by molar-refractivity contribution is 0.0945. The number of carbonyl (C=O) groups is 1. The van der Waals surface area contributed by atoms with Crippen LogP contribution in [-0.4, -0.2) is 37.7 Å². The zero-order valence-electron chi connectivity index (χ0n) is 15.8. The van der Waals surface area contributed by atoms with E-state index in [4.69, 9.17) is 9.15 Å². The number of methoxy groups -OCH3 is 1. The number of aromatic nitrogens is 5. The lowest BCUT2D eigenvalue weighted by atomic mass is 10.2. The van der Waals surface area contributed by atoms with Gasteiger partial charge in [0.2, 0.25) is 0 Å². The van der Waals surface area contributed by atoms with E-state index in [1.807, 2.05) is 18.4 Å². The molecule has 0 saturated carbocycles. The van der Waals surface area contributed by atoms with E-state index in [1.54, 1.807) is 31.7 Å². The zero-order chi connectivity index (χ0) is 20.2. The van der Waals surface area contributed by atoms with Crippen LogP contribution in [0.2, 0.25) is 0 Å². The van der Waals surface area contributed by atoms with Crippen molar-refractivity contribution >= 4 is 17.2 Å². The van der Waals surface area contributed by atoms with Crippen molar-refractivity contribution in [2.75, 3.05) is 7.11 Å². The first-order valence-electron chi connectivity index (χ1n) is 8.78. The molecule has 4 aromatic heterocycles. The maximum absolute atomic E-state index is 12.7. The highest BCUT2D eigenvalue weighted by Crippen LogP contribution is 2.19. The number of aryl methyl sites for hydroxylation is 1. The van der Waals surface area contributed by atoms with Crippen LogP contribution in [0.25, 0.3) is 17.4 Å². The van der Waals surface area contributed by atoms with Gasteiger partial charge in [-0.1, -0.05) is 0 Å². The number of nitrogens with one attached hydrogen (secondary N) is 1. The molecule has 0 atom stereocenters. The van der Waals surface area contributed by atoms with Gasteiger partial charge in [-0.05, 0) is 25.1 Å². The molecule has 10 heteroatoms. The molecule has 0 aliphatic carbocycles. The summed E-state index contributed by atoms with van der Waals surface area (Å²) in [6.45, 7) is 2.44. The lowest BCUT2D eigenvalue weighted by Gasteiger charge is -2.08. The van der Waals surface area contributed by atoms with E-state index in [2.05, 4.69) is 25.4 Å². The number of amides is 1. The average molecular weight is 410 g/mol. The third-order valence-corrected chi connectivity index (χ3v) is 5.03. The second-order valence-electron chi connectivity index (χ2n) is 6.13. The van der Waals surface area contributed by atoms with Gasteiger partial charge in [-0.25, -0.2) is 15.0 Å². The molecule has 0 radical (unpaired) electrons. The smallest absolute Gasteiger partial charge is 0.255 e. The third kappa shape index (κ3) is 4.08. The molecule has 148 valence electrons. The number of hydrogen-bond acceptors (Lipinski definition) is 8. The van der Waals surface area contributed by atoms with Gasteiger partial charge in [0.05, 0.1) is 36.9 Å². The molecule has 0 spiro atoms. The Labute approximate surface area is 170 Å². The fourth-order valence-electron chi connectivity index (χ4n) is 2.76. The highest BCUT2D eigenvalue weighted by molar-refractivity contribution is 7.09. The summed E-state index contributed by atoms with van der Waals surface area (Å²) in [6, 6.07) is 5.34. The first-order chi connectivity index (χ1) is 14.2. The number of nitrogens with zero attached hydrogens (tertiary/aromatic N) is 5. The second kappa shape index (κ2) is 8.33. The molecule has 0 fully saturated rings. The predicted molar refractivity (Wildman–Crippen MR) is 106 cm³/mol. The van der Waals surface area contributed by atoms with E-state index in [-0.39, 0.29) is 12.5 Å². The van der Waals surface area contributed by atoms with Gasteiger partial charge < -0.3 is 14.5 Å². The van der Waals surface area contributed by atoms with E-state index in [1.165, 1.54) is 22.2 Å². The molecule has 0 unspecified atom stereocenters. The van der Waals surface area contributed by atoms with Gasteiger partial charge in [0, 0.05) is 24.4 Å². The standard InChI is InChI=1S/C19H18N6O3S/c1-12-11-29-17(23-12)9-21-18(26)13-8-22-25(15(13)10-27-2)19-20-6-5-14(24-19)16-4-3-7-28-16/h3-8,11H,9-10H2,1-2H3,(H,21,26). The quantitative estimate of drug-likeness (QED) is 0.499. The summed E-state index contributed by atoms with van der Waals surface area (Å²) in [4.78, 5) is 25.9. The molecule has 9 nitrogen and oxygen atoms in total. The highest BCUT2D eigenvalue weighted by atomic mass is 32.1. The van der Waals surface area contributed by atoms with Gasteiger partial charge in [0.15, 0.2) is 5.76 Å². The summed E-state index contributed by atoms with van der Waals surface area (Å²) in [7, 11) is 1.55. The van der Waals surface area contributed by atoms with Crippen molar-refractivity contribution in [1.82, 2.24) is 30.0 Å². The van der Waals surface area contributed by atoms with Crippen LogP contribution in [0.15, 0.2) is 46.7 Å². The SMILES string of the molecule is COCc1c(C(=O)NCc2nc(C)cs2)cnn1-c1nccc(-c2ccco2)n1. The normalized spacial score (nSPS) is 11.0. The number of rotatable bonds is 7. The Bertz CT molecular complexity index is 1120. The maximum atomic E-state index is 12.7. The number of furan rings is 1. The Morgan fingerprint density at radius 1 is 1.34 bits per heavy atom. The zero-order valence-corrected chi connectivity index (χ0v) is 16.6. The van der Waals surface area contributed by atoms with E-state index >= 15 is 0 Å². The van der Waals surface area contributed by atoms with Gasteiger partial charge >= 0.3 is 0 Å². The number of ether oxygens (including phenoxy) is 1. The van der Waals surface area contributed by atoms with Crippen LogP contribution < -0.4 is 5.32 Å². The number of thiazole rings is 1. The van der Waals surface area contributed by atoms with Crippen molar-refractivity contribution < 1.29 is 13.9 Å². The van der Waals surface area contributed by atoms with Crippen LogP contribution in [0.1, 0.15) is 26.8 Å². The highest BCUT2D eigenvalue weighted by Gasteiger charge is 2.20. The molecule has 4 heterocycles. The summed E-state index contributed by atoms with van der Waals surface area (Å²) in [5, 5.41) is 9.97. The van der Waals surface area contributed by atoms with Crippen LogP contribution in [0.4, 0.5) is 0 Å². The van der Waals surface area contributed by atoms with E-state index < -0.39 is 0 Å². The topological polar surface area (TPSA) is 108 Å². The van der Waals surface area contributed by atoms with Crippen molar-refractivity contribution in [1.29, 1.82) is 0 Å². The Balaban J connectivity index is 1.61. The molecule has 4 aromatic rings. The molecular formula is C19H18N6O3S. The van der Waals surface area contributed by atoms with E-state index in [0.29, 0.717) is 35.2 Å². The molecular weight excluding hydrogens is 392 g/mol. The Hall–Kier alpha value is -3.37. The van der Waals surface area contributed by atoms with Crippen molar-refractivity contribution in [3.05, 3.63) is 64.2 Å². The molecule has 4 rings (SSSR count). The van der Waals surface area contributed by atoms with Gasteiger partial charge in [0.25, 0.3) is 11.9 Å². The minimum absolute atomic E-state index is 0.174. The van der Waals surface area contributed by atoms with Crippen LogP contribution in [0, 0.1) is 6.92 Å². The largest absolute Gasteiger partial charge is 0.463 e. The van der Waals surface area contributed by atoms with Crippen molar-refractivity contribution in [2.24, 2.45) is 0 Å². The van der Waals surface area contributed by atoms with Crippen molar-refractivity contribution in [3.63, 3.8) is 0 Å². The summed E-state index contributed by atoms with van der Waals surface area (Å²) in [5.74, 6) is 0.671. The van der Waals surface area contributed by atoms with Crippen molar-refractivity contribution in [3.8, 4) is 17.4 Å². The first kappa shape index (κ1) is 19.0. The minimum atomic E-state index is -0.265. The Morgan fingerprint density at radius 3 is 2.97 bits per heavy atom. The summed E-state index contributed by atoms with van der Waals surface area (Å²) in [5.41, 5.74) is 2.49. The summed E-state index contributed by atoms with van der Waals surface area (Å²) in [6.07, 6.45) is 4.68. The van der Waals surface area contributed by atoms with Gasteiger partial charge in [-0.3, -0.25) is 4.79 Å². The Kier molecular flexibility index (Phi) is 5.45.